The summed E-state index contributed by atoms with van der Waals surface area (Å²) in [5.41, 5.74) is 2.45. The third kappa shape index (κ3) is 1.37. The molecule has 1 heterocycles. The number of hydrogen-bond donors (Lipinski definition) is 1. The molecule has 0 radical (unpaired) electrons. The third-order valence-corrected chi connectivity index (χ3v) is 3.88. The highest BCUT2D eigenvalue weighted by atomic mass is 16.6. The van der Waals surface area contributed by atoms with E-state index in [4.69, 9.17) is 0 Å². The van der Waals surface area contributed by atoms with Gasteiger partial charge in [0.05, 0.1) is 4.92 Å². The molecule has 1 fully saturated rings. The van der Waals surface area contributed by atoms with Crippen LogP contribution >= 0.6 is 0 Å². The monoisotopic (exact) mass is 218 g/mol. The van der Waals surface area contributed by atoms with Crippen LogP contribution in [0.1, 0.15) is 30.7 Å². The van der Waals surface area contributed by atoms with Crippen molar-refractivity contribution in [1.82, 2.24) is 0 Å². The number of non-ortho nitro benzene ring substituents is 1. The molecule has 0 bridgehead atoms. The Kier molecular flexibility index (Phi) is 2.09. The van der Waals surface area contributed by atoms with E-state index in [1.807, 2.05) is 6.07 Å². The van der Waals surface area contributed by atoms with Gasteiger partial charge in [0.1, 0.15) is 0 Å². The lowest BCUT2D eigenvalue weighted by Gasteiger charge is -2.31. The van der Waals surface area contributed by atoms with E-state index < -0.39 is 0 Å². The fourth-order valence-corrected chi connectivity index (χ4v) is 2.72. The van der Waals surface area contributed by atoms with Gasteiger partial charge in [-0.25, -0.2) is 0 Å². The van der Waals surface area contributed by atoms with Crippen molar-refractivity contribution < 1.29 is 4.92 Å². The van der Waals surface area contributed by atoms with Crippen molar-refractivity contribution in [3.8, 4) is 0 Å². The predicted molar refractivity (Wildman–Crippen MR) is 61.7 cm³/mol. The number of nitro groups is 1. The molecule has 1 aromatic carbocycles. The lowest BCUT2D eigenvalue weighted by Crippen LogP contribution is -2.21. The number of nitrogens with zero attached hydrogens (tertiary/aromatic N) is 1. The number of fused-ring (bicyclic) bond motifs is 1. The van der Waals surface area contributed by atoms with E-state index >= 15 is 0 Å². The largest absolute Gasteiger partial charge is 0.384 e. The number of rotatable bonds is 2. The van der Waals surface area contributed by atoms with E-state index in [0.29, 0.717) is 5.92 Å². The number of nitrogens with one attached hydrogen (secondary N) is 1. The second kappa shape index (κ2) is 3.47. The van der Waals surface area contributed by atoms with Gasteiger partial charge in [-0.15, -0.1) is 0 Å². The van der Waals surface area contributed by atoms with E-state index in [1.54, 1.807) is 12.1 Å². The van der Waals surface area contributed by atoms with Crippen LogP contribution in [0.3, 0.4) is 0 Å². The van der Waals surface area contributed by atoms with Crippen LogP contribution in [-0.2, 0) is 0 Å². The summed E-state index contributed by atoms with van der Waals surface area (Å²) in [5.74, 6) is 1.22. The molecule has 4 heteroatoms. The van der Waals surface area contributed by atoms with E-state index in [2.05, 4.69) is 5.32 Å². The number of nitro benzene ring substituents is 1. The van der Waals surface area contributed by atoms with Gasteiger partial charge in [-0.2, -0.15) is 0 Å². The summed E-state index contributed by atoms with van der Waals surface area (Å²) < 4.78 is 0. The molecular weight excluding hydrogens is 204 g/mol. The Balaban J connectivity index is 1.96. The summed E-state index contributed by atoms with van der Waals surface area (Å²) in [6, 6.07) is 5.17. The number of hydrogen-bond acceptors (Lipinski definition) is 3. The quantitative estimate of drug-likeness (QED) is 0.613. The fourth-order valence-electron chi connectivity index (χ4n) is 2.72. The zero-order chi connectivity index (χ0) is 11.1. The Morgan fingerprint density at radius 1 is 1.38 bits per heavy atom. The van der Waals surface area contributed by atoms with Crippen molar-refractivity contribution in [2.75, 3.05) is 11.9 Å². The standard InChI is InChI=1S/C12H14N2O2/c15-14(16)9-4-5-12-10(6-9)11(7-13-12)8-2-1-3-8/h4-6,8,11,13H,1-3,7H2. The first-order valence-electron chi connectivity index (χ1n) is 5.78. The van der Waals surface area contributed by atoms with Crippen molar-refractivity contribution >= 4 is 11.4 Å². The minimum absolute atomic E-state index is 0.215. The van der Waals surface area contributed by atoms with Crippen LogP contribution in [0.5, 0.6) is 0 Å². The summed E-state index contributed by atoms with van der Waals surface area (Å²) in [5, 5.41) is 14.1. The van der Waals surface area contributed by atoms with Gasteiger partial charge in [-0.05, 0) is 30.4 Å². The second-order valence-corrected chi connectivity index (χ2v) is 4.71. The number of benzene rings is 1. The Morgan fingerprint density at radius 2 is 2.19 bits per heavy atom. The molecule has 3 rings (SSSR count). The van der Waals surface area contributed by atoms with Crippen molar-refractivity contribution in [2.45, 2.75) is 25.2 Å². The first-order valence-corrected chi connectivity index (χ1v) is 5.78. The Hall–Kier alpha value is -1.58. The highest BCUT2D eigenvalue weighted by Gasteiger charge is 2.34. The van der Waals surface area contributed by atoms with Gasteiger partial charge in [-0.3, -0.25) is 10.1 Å². The minimum atomic E-state index is -0.309. The molecule has 1 saturated carbocycles. The second-order valence-electron chi connectivity index (χ2n) is 4.71. The van der Waals surface area contributed by atoms with E-state index in [-0.39, 0.29) is 10.6 Å². The number of anilines is 1. The van der Waals surface area contributed by atoms with Gasteiger partial charge < -0.3 is 5.32 Å². The van der Waals surface area contributed by atoms with Crippen LogP contribution in [0.2, 0.25) is 0 Å². The van der Waals surface area contributed by atoms with Crippen molar-refractivity contribution in [1.29, 1.82) is 0 Å². The van der Waals surface area contributed by atoms with Crippen molar-refractivity contribution in [2.24, 2.45) is 5.92 Å². The van der Waals surface area contributed by atoms with E-state index in [0.717, 1.165) is 23.7 Å². The van der Waals surface area contributed by atoms with Gasteiger partial charge in [-0.1, -0.05) is 6.42 Å². The molecule has 0 aromatic heterocycles. The zero-order valence-electron chi connectivity index (χ0n) is 8.98. The minimum Gasteiger partial charge on any atom is -0.384 e. The van der Waals surface area contributed by atoms with Crippen LogP contribution in [0.15, 0.2) is 18.2 Å². The van der Waals surface area contributed by atoms with Crippen molar-refractivity contribution in [3.05, 3.63) is 33.9 Å². The maximum absolute atomic E-state index is 10.7. The summed E-state index contributed by atoms with van der Waals surface area (Å²) >= 11 is 0. The molecule has 0 amide bonds. The first kappa shape index (κ1) is 9.63. The highest BCUT2D eigenvalue weighted by Crippen LogP contribution is 2.45. The Labute approximate surface area is 93.8 Å². The molecule has 1 unspecified atom stereocenters. The van der Waals surface area contributed by atoms with E-state index in [9.17, 15) is 10.1 Å². The molecule has 1 aromatic rings. The third-order valence-electron chi connectivity index (χ3n) is 3.88. The lowest BCUT2D eigenvalue weighted by molar-refractivity contribution is -0.384. The summed E-state index contributed by atoms with van der Waals surface area (Å²) in [6.07, 6.45) is 3.86. The molecule has 0 spiro atoms. The fraction of sp³-hybridized carbons (Fsp3) is 0.500. The molecule has 0 saturated heterocycles. The van der Waals surface area contributed by atoms with Crippen LogP contribution in [0.25, 0.3) is 0 Å². The van der Waals surface area contributed by atoms with Gasteiger partial charge in [0, 0.05) is 30.3 Å². The normalized spacial score (nSPS) is 23.4. The molecule has 4 nitrogen and oxygen atoms in total. The van der Waals surface area contributed by atoms with E-state index in [1.165, 1.54) is 19.3 Å². The molecule has 1 N–H and O–H groups in total. The van der Waals surface area contributed by atoms with Gasteiger partial charge >= 0.3 is 0 Å². The summed E-state index contributed by atoms with van der Waals surface area (Å²) in [7, 11) is 0. The first-order chi connectivity index (χ1) is 7.75. The summed E-state index contributed by atoms with van der Waals surface area (Å²) in [4.78, 5) is 10.4. The topological polar surface area (TPSA) is 55.2 Å². The average Bonchev–Trinajstić information content (AvgIpc) is 2.59. The maximum Gasteiger partial charge on any atom is 0.269 e. The van der Waals surface area contributed by atoms with Gasteiger partial charge in [0.25, 0.3) is 5.69 Å². The Morgan fingerprint density at radius 3 is 2.81 bits per heavy atom. The van der Waals surface area contributed by atoms with Crippen LogP contribution in [-0.4, -0.2) is 11.5 Å². The molecule has 2 aliphatic rings. The van der Waals surface area contributed by atoms with Crippen LogP contribution < -0.4 is 5.32 Å². The maximum atomic E-state index is 10.7. The highest BCUT2D eigenvalue weighted by molar-refractivity contribution is 5.61. The average molecular weight is 218 g/mol. The van der Waals surface area contributed by atoms with Crippen molar-refractivity contribution in [3.63, 3.8) is 0 Å². The smallest absolute Gasteiger partial charge is 0.269 e. The zero-order valence-corrected chi connectivity index (χ0v) is 8.98. The van der Waals surface area contributed by atoms with Gasteiger partial charge in [0.15, 0.2) is 0 Å². The molecule has 1 aliphatic heterocycles. The Bertz CT molecular complexity index is 441. The molecule has 84 valence electrons. The van der Waals surface area contributed by atoms with Crippen LogP contribution in [0.4, 0.5) is 11.4 Å². The predicted octanol–water partition coefficient (Wildman–Crippen LogP) is 2.90. The van der Waals surface area contributed by atoms with Crippen LogP contribution in [0, 0.1) is 16.0 Å². The molecular formula is C12H14N2O2. The molecule has 16 heavy (non-hydrogen) atoms. The molecule has 1 atom stereocenters. The SMILES string of the molecule is O=[N+]([O-])c1ccc2c(c1)C(C1CCC1)CN2. The van der Waals surface area contributed by atoms with Gasteiger partial charge in [0.2, 0.25) is 0 Å². The summed E-state index contributed by atoms with van der Waals surface area (Å²) in [6.45, 7) is 0.946. The lowest BCUT2D eigenvalue weighted by atomic mass is 9.74. The molecule has 1 aliphatic carbocycles.